The summed E-state index contributed by atoms with van der Waals surface area (Å²) in [6.45, 7) is 5.01. The summed E-state index contributed by atoms with van der Waals surface area (Å²) >= 11 is 12.5. The topological polar surface area (TPSA) is 77.5 Å². The molecule has 0 aliphatic rings. The van der Waals surface area contributed by atoms with Crippen molar-refractivity contribution < 1.29 is 19.1 Å². The third kappa shape index (κ3) is 5.50. The lowest BCUT2D eigenvalue weighted by atomic mass is 10.0. The molecular formula is C24H24Cl2N2O4. The fourth-order valence-corrected chi connectivity index (χ4v) is 3.90. The average Bonchev–Trinajstić information content (AvgIpc) is 2.77. The Hall–Kier alpha value is -2.83. The van der Waals surface area contributed by atoms with Crippen LogP contribution >= 0.6 is 23.2 Å². The highest BCUT2D eigenvalue weighted by atomic mass is 35.5. The van der Waals surface area contributed by atoms with E-state index < -0.39 is 25.1 Å². The van der Waals surface area contributed by atoms with Gasteiger partial charge in [-0.3, -0.25) is 4.79 Å². The summed E-state index contributed by atoms with van der Waals surface area (Å²) in [7, 11) is 0. The fourth-order valence-electron chi connectivity index (χ4n) is 3.32. The maximum atomic E-state index is 12.4. The first-order valence-corrected chi connectivity index (χ1v) is 11.0. The lowest BCUT2D eigenvalue weighted by molar-refractivity contribution is -0.149. The van der Waals surface area contributed by atoms with E-state index in [0.29, 0.717) is 15.9 Å². The van der Waals surface area contributed by atoms with Gasteiger partial charge >= 0.3 is 5.97 Å². The molecule has 1 N–H and O–H groups in total. The van der Waals surface area contributed by atoms with Crippen LogP contribution in [-0.4, -0.2) is 30.1 Å². The second kappa shape index (κ2) is 10.7. The molecule has 0 atom stereocenters. The van der Waals surface area contributed by atoms with Gasteiger partial charge in [-0.05, 0) is 49.1 Å². The molecule has 6 nitrogen and oxygen atoms in total. The van der Waals surface area contributed by atoms with Gasteiger partial charge < -0.3 is 14.8 Å². The Morgan fingerprint density at radius 1 is 1.00 bits per heavy atom. The first-order valence-electron chi connectivity index (χ1n) is 10.3. The Kier molecular flexibility index (Phi) is 7.94. The summed E-state index contributed by atoms with van der Waals surface area (Å²) in [6.07, 6.45) is 1.56. The molecule has 0 radical (unpaired) electrons. The van der Waals surface area contributed by atoms with Gasteiger partial charge in [0.25, 0.3) is 5.91 Å². The van der Waals surface area contributed by atoms with Crippen LogP contribution in [0.25, 0.3) is 10.9 Å². The van der Waals surface area contributed by atoms with E-state index in [-0.39, 0.29) is 10.8 Å². The molecule has 0 spiro atoms. The number of fused-ring (bicyclic) bond motifs is 1. The maximum Gasteiger partial charge on any atom is 0.344 e. The number of esters is 1. The number of aryl methyl sites for hydroxylation is 3. The molecule has 1 amide bonds. The highest BCUT2D eigenvalue weighted by Crippen LogP contribution is 2.37. The molecular weight excluding hydrogens is 451 g/mol. The number of nitrogens with zero attached hydrogens (tertiary/aromatic N) is 1. The molecule has 168 valence electrons. The van der Waals surface area contributed by atoms with Crippen LogP contribution in [0.5, 0.6) is 5.75 Å². The number of hydrogen-bond acceptors (Lipinski definition) is 5. The molecule has 2 aromatic carbocycles. The van der Waals surface area contributed by atoms with Crippen molar-refractivity contribution in [1.82, 2.24) is 4.98 Å². The van der Waals surface area contributed by atoms with E-state index in [0.717, 1.165) is 35.3 Å². The van der Waals surface area contributed by atoms with E-state index >= 15 is 0 Å². The van der Waals surface area contributed by atoms with Crippen molar-refractivity contribution in [3.8, 4) is 5.75 Å². The first-order chi connectivity index (χ1) is 15.3. The molecule has 0 fully saturated rings. The zero-order chi connectivity index (χ0) is 23.3. The second-order valence-electron chi connectivity index (χ2n) is 7.17. The van der Waals surface area contributed by atoms with Gasteiger partial charge in [-0.2, -0.15) is 0 Å². The third-order valence-corrected chi connectivity index (χ3v) is 5.53. The number of halogens is 2. The molecule has 8 heteroatoms. The molecule has 0 aliphatic carbocycles. The second-order valence-corrected chi connectivity index (χ2v) is 7.99. The Morgan fingerprint density at radius 2 is 1.69 bits per heavy atom. The van der Waals surface area contributed by atoms with Crippen molar-refractivity contribution in [3.05, 3.63) is 63.3 Å². The van der Waals surface area contributed by atoms with Crippen LogP contribution < -0.4 is 10.1 Å². The number of para-hydroxylation sites is 1. The minimum absolute atomic E-state index is 0.231. The highest BCUT2D eigenvalue weighted by molar-refractivity contribution is 6.39. The Morgan fingerprint density at radius 3 is 2.34 bits per heavy atom. The lowest BCUT2D eigenvalue weighted by Gasteiger charge is -2.15. The van der Waals surface area contributed by atoms with Crippen molar-refractivity contribution in [1.29, 1.82) is 0 Å². The Labute approximate surface area is 196 Å². The van der Waals surface area contributed by atoms with E-state index in [4.69, 9.17) is 32.7 Å². The minimum Gasteiger partial charge on any atom is -0.478 e. The molecule has 1 aromatic heterocycles. The quantitative estimate of drug-likeness (QED) is 0.433. The zero-order valence-electron chi connectivity index (χ0n) is 18.1. The predicted octanol–water partition coefficient (Wildman–Crippen LogP) is 5.54. The number of carbonyl (C=O) groups excluding carboxylic acids is 2. The number of pyridine rings is 1. The number of hydrogen-bond donors (Lipinski definition) is 1. The number of carbonyl (C=O) groups is 2. The highest BCUT2D eigenvalue weighted by Gasteiger charge is 2.16. The lowest BCUT2D eigenvalue weighted by Crippen LogP contribution is -2.24. The number of nitrogens with one attached hydrogen (secondary N) is 1. The van der Waals surface area contributed by atoms with Crippen LogP contribution in [0.2, 0.25) is 10.0 Å². The summed E-state index contributed by atoms with van der Waals surface area (Å²) in [5.41, 5.74) is 4.03. The molecule has 3 aromatic rings. The fraction of sp³-hybridized carbons (Fsp3) is 0.292. The normalized spacial score (nSPS) is 10.8. The van der Waals surface area contributed by atoms with Crippen LogP contribution in [-0.2, 0) is 27.2 Å². The van der Waals surface area contributed by atoms with E-state index in [1.807, 2.05) is 51.1 Å². The summed E-state index contributed by atoms with van der Waals surface area (Å²) in [5.74, 6) is -0.881. The molecule has 0 unspecified atom stereocenters. The third-order valence-electron chi connectivity index (χ3n) is 4.94. The van der Waals surface area contributed by atoms with Crippen LogP contribution in [0.15, 0.2) is 36.4 Å². The summed E-state index contributed by atoms with van der Waals surface area (Å²) in [6, 6.07) is 11.1. The summed E-state index contributed by atoms with van der Waals surface area (Å²) < 4.78 is 10.7. The SMILES string of the molecule is CCc1cccc(CC)c1NC(=O)COC(=O)COc1c(Cl)cc(Cl)c2ccc(C)nc12. The van der Waals surface area contributed by atoms with E-state index in [1.54, 1.807) is 0 Å². The first kappa shape index (κ1) is 23.8. The van der Waals surface area contributed by atoms with Crippen LogP contribution in [0, 0.1) is 6.92 Å². The molecule has 0 aliphatic heterocycles. The summed E-state index contributed by atoms with van der Waals surface area (Å²) in [4.78, 5) is 29.0. The van der Waals surface area contributed by atoms with Gasteiger partial charge in [0, 0.05) is 16.8 Å². The van der Waals surface area contributed by atoms with Gasteiger partial charge in [0.15, 0.2) is 19.0 Å². The van der Waals surface area contributed by atoms with Crippen molar-refractivity contribution in [2.45, 2.75) is 33.6 Å². The molecule has 3 rings (SSSR count). The van der Waals surface area contributed by atoms with Crippen molar-refractivity contribution in [2.24, 2.45) is 0 Å². The predicted molar refractivity (Wildman–Crippen MR) is 127 cm³/mol. The van der Waals surface area contributed by atoms with Gasteiger partial charge in [-0.15, -0.1) is 0 Å². The van der Waals surface area contributed by atoms with Crippen molar-refractivity contribution in [2.75, 3.05) is 18.5 Å². The molecule has 1 heterocycles. The van der Waals surface area contributed by atoms with Crippen molar-refractivity contribution in [3.63, 3.8) is 0 Å². The van der Waals surface area contributed by atoms with Crippen LogP contribution in [0.3, 0.4) is 0 Å². The van der Waals surface area contributed by atoms with E-state index in [9.17, 15) is 9.59 Å². The number of benzene rings is 2. The Bertz CT molecular complexity index is 1140. The number of amides is 1. The maximum absolute atomic E-state index is 12.4. The standard InChI is InChI=1S/C24H24Cl2N2O4/c1-4-15-7-6-8-16(5-2)22(15)28-20(29)12-31-21(30)13-32-24-19(26)11-18(25)17-10-9-14(3)27-23(17)24/h6-11H,4-5,12-13H2,1-3H3,(H,28,29). The average molecular weight is 475 g/mol. The number of anilines is 1. The molecule has 0 bridgehead atoms. The Balaban J connectivity index is 1.62. The van der Waals surface area contributed by atoms with E-state index in [1.165, 1.54) is 6.07 Å². The molecule has 0 saturated carbocycles. The van der Waals surface area contributed by atoms with Crippen LogP contribution in [0.1, 0.15) is 30.7 Å². The van der Waals surface area contributed by atoms with E-state index in [2.05, 4.69) is 10.3 Å². The smallest absolute Gasteiger partial charge is 0.344 e. The number of rotatable bonds is 8. The largest absolute Gasteiger partial charge is 0.478 e. The number of aromatic nitrogens is 1. The van der Waals surface area contributed by atoms with Gasteiger partial charge in [-0.25, -0.2) is 9.78 Å². The number of ether oxygens (including phenoxy) is 2. The monoisotopic (exact) mass is 474 g/mol. The molecule has 32 heavy (non-hydrogen) atoms. The zero-order valence-corrected chi connectivity index (χ0v) is 19.6. The minimum atomic E-state index is -0.702. The van der Waals surface area contributed by atoms with Crippen LogP contribution in [0.4, 0.5) is 5.69 Å². The summed E-state index contributed by atoms with van der Waals surface area (Å²) in [5, 5.41) is 4.18. The van der Waals surface area contributed by atoms with Gasteiger partial charge in [0.1, 0.15) is 5.52 Å². The van der Waals surface area contributed by atoms with Gasteiger partial charge in [-0.1, -0.05) is 55.2 Å². The van der Waals surface area contributed by atoms with Gasteiger partial charge in [0.2, 0.25) is 0 Å². The van der Waals surface area contributed by atoms with Crippen molar-refractivity contribution >= 4 is 51.7 Å². The van der Waals surface area contributed by atoms with Gasteiger partial charge in [0.05, 0.1) is 10.0 Å². The molecule has 0 saturated heterocycles.